The van der Waals surface area contributed by atoms with Crippen LogP contribution in [0.15, 0.2) is 51.1 Å². The lowest BCUT2D eigenvalue weighted by molar-refractivity contribution is -0.110. The Hall–Kier alpha value is -2.67. The number of amides is 1. The van der Waals surface area contributed by atoms with Crippen molar-refractivity contribution in [3.8, 4) is 11.5 Å². The number of aromatic hydroxyl groups is 1. The topological polar surface area (TPSA) is 83.3 Å². The highest BCUT2D eigenvalue weighted by atomic mass is 79.9. The number of rotatable bonds is 4. The van der Waals surface area contributed by atoms with Crippen molar-refractivity contribution in [3.05, 3.63) is 52.0 Å². The lowest BCUT2D eigenvalue weighted by Gasteiger charge is -2.05. The largest absolute Gasteiger partial charge is 0.504 e. The number of phenolic OH excluding ortho intramolecular Hbond substituents is 1. The minimum Gasteiger partial charge on any atom is -0.504 e. The van der Waals surface area contributed by atoms with E-state index in [0.717, 1.165) is 4.47 Å². The zero-order chi connectivity index (χ0) is 17.1. The Morgan fingerprint density at radius 1 is 1.29 bits per heavy atom. The third-order valence-corrected chi connectivity index (χ3v) is 3.84. The molecule has 0 fully saturated rings. The number of nitrogens with zero attached hydrogens (tertiary/aromatic N) is 2. The van der Waals surface area contributed by atoms with E-state index in [2.05, 4.69) is 31.4 Å². The number of fused-ring (bicyclic) bond motifs is 1. The van der Waals surface area contributed by atoms with Gasteiger partial charge in [0.25, 0.3) is 5.91 Å². The zero-order valence-electron chi connectivity index (χ0n) is 12.8. The number of benzene rings is 2. The van der Waals surface area contributed by atoms with Crippen LogP contribution in [0.3, 0.4) is 0 Å². The molecule has 122 valence electrons. The molecule has 24 heavy (non-hydrogen) atoms. The maximum absolute atomic E-state index is 12.0. The fourth-order valence-electron chi connectivity index (χ4n) is 2.26. The van der Waals surface area contributed by atoms with Crippen molar-refractivity contribution in [2.45, 2.75) is 6.92 Å². The van der Waals surface area contributed by atoms with Gasteiger partial charge in [0, 0.05) is 10.0 Å². The number of hydrogen-bond acceptors (Lipinski definition) is 5. The molecule has 0 atom stereocenters. The van der Waals surface area contributed by atoms with E-state index in [4.69, 9.17) is 4.74 Å². The predicted molar refractivity (Wildman–Crippen MR) is 96.2 cm³/mol. The number of carbonyl (C=O) groups is 1. The van der Waals surface area contributed by atoms with Gasteiger partial charge >= 0.3 is 0 Å². The van der Waals surface area contributed by atoms with Crippen molar-refractivity contribution in [2.75, 3.05) is 11.9 Å². The molecule has 1 heterocycles. The fraction of sp³-hybridized carbons (Fsp3) is 0.118. The first-order chi connectivity index (χ1) is 11.6. The van der Waals surface area contributed by atoms with Gasteiger partial charge in [-0.1, -0.05) is 15.9 Å². The van der Waals surface area contributed by atoms with E-state index < -0.39 is 0 Å². The molecule has 3 rings (SSSR count). The monoisotopic (exact) mass is 387 g/mol. The Bertz CT molecular complexity index is 862. The van der Waals surface area contributed by atoms with Gasteiger partial charge < -0.3 is 15.2 Å². The Balaban J connectivity index is 1.86. The Morgan fingerprint density at radius 3 is 2.92 bits per heavy atom. The molecule has 0 saturated heterocycles. The van der Waals surface area contributed by atoms with E-state index in [1.165, 1.54) is 12.3 Å². The minimum atomic E-state index is -0.291. The quantitative estimate of drug-likeness (QED) is 0.623. The average molecular weight is 388 g/mol. The van der Waals surface area contributed by atoms with E-state index in [1.54, 1.807) is 18.2 Å². The van der Waals surface area contributed by atoms with E-state index >= 15 is 0 Å². The number of phenols is 1. The van der Waals surface area contributed by atoms with E-state index in [-0.39, 0.29) is 17.4 Å². The molecule has 0 bridgehead atoms. The fourth-order valence-corrected chi connectivity index (χ4v) is 2.62. The van der Waals surface area contributed by atoms with Crippen LogP contribution in [0.2, 0.25) is 0 Å². The molecular weight excluding hydrogens is 374 g/mol. The molecule has 2 aromatic carbocycles. The van der Waals surface area contributed by atoms with E-state index in [1.807, 2.05) is 19.1 Å². The van der Waals surface area contributed by atoms with Crippen molar-refractivity contribution in [1.82, 2.24) is 0 Å². The van der Waals surface area contributed by atoms with Crippen molar-refractivity contribution in [2.24, 2.45) is 10.2 Å². The summed E-state index contributed by atoms with van der Waals surface area (Å²) >= 11 is 3.38. The summed E-state index contributed by atoms with van der Waals surface area (Å²) in [6.07, 6.45) is 1.50. The van der Waals surface area contributed by atoms with Gasteiger partial charge in [0.05, 0.1) is 18.5 Å². The molecule has 1 aliphatic heterocycles. The van der Waals surface area contributed by atoms with Crippen molar-refractivity contribution in [1.29, 1.82) is 0 Å². The van der Waals surface area contributed by atoms with Gasteiger partial charge in [-0.25, -0.2) is 0 Å². The second-order valence-electron chi connectivity index (χ2n) is 5.00. The first kappa shape index (κ1) is 16.2. The van der Waals surface area contributed by atoms with Gasteiger partial charge in [0.2, 0.25) is 0 Å². The summed E-state index contributed by atoms with van der Waals surface area (Å²) in [6, 6.07) is 10.3. The third-order valence-electron chi connectivity index (χ3n) is 3.35. The van der Waals surface area contributed by atoms with Gasteiger partial charge in [0.1, 0.15) is 0 Å². The number of nitrogens with one attached hydrogen (secondary N) is 1. The van der Waals surface area contributed by atoms with E-state index in [9.17, 15) is 9.90 Å². The smallest absolute Gasteiger partial charge is 0.276 e. The van der Waals surface area contributed by atoms with Crippen molar-refractivity contribution >= 4 is 39.5 Å². The molecular formula is C17H14BrN3O3. The van der Waals surface area contributed by atoms with Crippen molar-refractivity contribution < 1.29 is 14.6 Å². The van der Waals surface area contributed by atoms with Gasteiger partial charge in [0.15, 0.2) is 17.2 Å². The highest BCUT2D eigenvalue weighted by Gasteiger charge is 2.26. The molecule has 0 spiro atoms. The third kappa shape index (κ3) is 3.30. The Kier molecular flexibility index (Phi) is 4.61. The number of carbonyl (C=O) groups excluding carboxylic acids is 1. The SMILES string of the molecule is CCOc1cc(/C=N\N=C2C(=O)Nc3ccc(Br)cc32)ccc1O. The zero-order valence-corrected chi connectivity index (χ0v) is 14.4. The van der Waals surface area contributed by atoms with Crippen LogP contribution in [0, 0.1) is 0 Å². The predicted octanol–water partition coefficient (Wildman–Crippen LogP) is 3.33. The first-order valence-corrected chi connectivity index (χ1v) is 8.06. The lowest BCUT2D eigenvalue weighted by atomic mass is 10.1. The summed E-state index contributed by atoms with van der Waals surface area (Å²) in [5.74, 6) is 0.150. The molecule has 0 radical (unpaired) electrons. The van der Waals surface area contributed by atoms with Crippen molar-refractivity contribution in [3.63, 3.8) is 0 Å². The molecule has 1 amide bonds. The van der Waals surface area contributed by atoms with Gasteiger partial charge in [-0.2, -0.15) is 5.10 Å². The molecule has 0 saturated carbocycles. The highest BCUT2D eigenvalue weighted by Crippen LogP contribution is 2.27. The highest BCUT2D eigenvalue weighted by molar-refractivity contribution is 9.10. The maximum Gasteiger partial charge on any atom is 0.276 e. The van der Waals surface area contributed by atoms with Crippen LogP contribution in [0.5, 0.6) is 11.5 Å². The molecule has 0 unspecified atom stereocenters. The standard InChI is InChI=1S/C17H14BrN3O3/c1-2-24-15-7-10(3-6-14(15)22)9-19-21-16-12-8-11(18)4-5-13(12)20-17(16)23/h3-9,22H,2H2,1H3,(H,20,21,23)/b19-9-. The number of anilines is 1. The van der Waals surface area contributed by atoms with Crippen LogP contribution >= 0.6 is 15.9 Å². The first-order valence-electron chi connectivity index (χ1n) is 7.26. The lowest BCUT2D eigenvalue weighted by Crippen LogP contribution is -2.13. The molecule has 1 aliphatic rings. The molecule has 7 heteroatoms. The van der Waals surface area contributed by atoms with Crippen LogP contribution in [0.4, 0.5) is 5.69 Å². The summed E-state index contributed by atoms with van der Waals surface area (Å²) < 4.78 is 6.17. The second-order valence-corrected chi connectivity index (χ2v) is 5.91. The summed E-state index contributed by atoms with van der Waals surface area (Å²) in [5, 5.41) is 20.4. The van der Waals surface area contributed by atoms with Crippen LogP contribution in [0.1, 0.15) is 18.1 Å². The maximum atomic E-state index is 12.0. The van der Waals surface area contributed by atoms with Crippen LogP contribution in [-0.4, -0.2) is 29.5 Å². The summed E-state index contributed by atoms with van der Waals surface area (Å²) in [7, 11) is 0. The van der Waals surface area contributed by atoms with Crippen LogP contribution < -0.4 is 10.1 Å². The van der Waals surface area contributed by atoms with Gasteiger partial charge in [-0.05, 0) is 48.9 Å². The average Bonchev–Trinajstić information content (AvgIpc) is 2.86. The molecule has 2 aromatic rings. The van der Waals surface area contributed by atoms with Gasteiger partial charge in [-0.15, -0.1) is 5.10 Å². The molecule has 6 nitrogen and oxygen atoms in total. The summed E-state index contributed by atoms with van der Waals surface area (Å²) in [4.78, 5) is 12.0. The Morgan fingerprint density at radius 2 is 2.12 bits per heavy atom. The Labute approximate surface area is 147 Å². The number of ether oxygens (including phenoxy) is 1. The summed E-state index contributed by atoms with van der Waals surface area (Å²) in [5.41, 5.74) is 2.37. The molecule has 0 aliphatic carbocycles. The molecule has 2 N–H and O–H groups in total. The second kappa shape index (κ2) is 6.84. The van der Waals surface area contributed by atoms with Gasteiger partial charge in [-0.3, -0.25) is 4.79 Å². The normalized spacial score (nSPS) is 14.9. The van der Waals surface area contributed by atoms with Crippen LogP contribution in [0.25, 0.3) is 0 Å². The minimum absolute atomic E-state index is 0.0641. The molecule has 0 aromatic heterocycles. The number of halogens is 1. The summed E-state index contributed by atoms with van der Waals surface area (Å²) in [6.45, 7) is 2.28. The number of hydrogen-bond donors (Lipinski definition) is 2. The van der Waals surface area contributed by atoms with E-state index in [0.29, 0.717) is 29.2 Å². The van der Waals surface area contributed by atoms with Crippen LogP contribution in [-0.2, 0) is 4.79 Å².